The van der Waals surface area contributed by atoms with Crippen molar-refractivity contribution in [2.45, 2.75) is 12.8 Å². The van der Waals surface area contributed by atoms with Gasteiger partial charge in [-0.2, -0.15) is 0 Å². The molecule has 1 heterocycles. The minimum atomic E-state index is 1.05. The second-order valence-corrected chi connectivity index (χ2v) is 13.6. The van der Waals surface area contributed by atoms with Crippen molar-refractivity contribution in [2.24, 2.45) is 0 Å². The molecule has 0 bridgehead atoms. The lowest BCUT2D eigenvalue weighted by atomic mass is 9.85. The standard InChI is InChI=1S/C50H36N2/c1-5-18-35(19-6-1)48-41-27-13-14-28-42(41)49(36-20-7-2-8-21-36)50-43(48)29-17-31-47(50)51(37-22-9-3-10-23-37)39-32-33-46-44(34-39)40-26-15-16-30-45(40)52(46)38-24-11-4-12-25-38/h1-14,17-34H,15-16H2. The third-order valence-electron chi connectivity index (χ3n) is 10.6. The molecule has 0 radical (unpaired) electrons. The molecule has 52 heavy (non-hydrogen) atoms. The van der Waals surface area contributed by atoms with Gasteiger partial charge in [0.1, 0.15) is 0 Å². The van der Waals surface area contributed by atoms with Crippen molar-refractivity contribution in [3.8, 4) is 27.9 Å². The van der Waals surface area contributed by atoms with Gasteiger partial charge in [-0.1, -0.05) is 146 Å². The molecule has 2 nitrogen and oxygen atoms in total. The Balaban J connectivity index is 1.33. The van der Waals surface area contributed by atoms with E-state index >= 15 is 0 Å². The molecule has 1 aliphatic carbocycles. The highest BCUT2D eigenvalue weighted by Gasteiger charge is 2.24. The lowest BCUT2D eigenvalue weighted by Crippen LogP contribution is -2.30. The summed E-state index contributed by atoms with van der Waals surface area (Å²) in [5.74, 6) is 0. The molecule has 1 aromatic heterocycles. The largest absolute Gasteiger partial charge is 0.310 e. The Labute approximate surface area is 303 Å². The SMILES string of the molecule is C1=c2c(n(-c3ccccc3)c3ccc(N(c4ccccc4)c4cccc5c(-c6ccccc6)c6ccccc6c(-c6ccccc6)c45)cc23)=CCC1. The van der Waals surface area contributed by atoms with Crippen LogP contribution in [0, 0.1) is 0 Å². The number of hydrogen-bond acceptors (Lipinski definition) is 1. The first-order valence-corrected chi connectivity index (χ1v) is 18.2. The molecule has 0 saturated carbocycles. The number of rotatable bonds is 6. The van der Waals surface area contributed by atoms with Crippen molar-refractivity contribution in [1.29, 1.82) is 0 Å². The summed E-state index contributed by atoms with van der Waals surface area (Å²) in [4.78, 5) is 2.47. The van der Waals surface area contributed by atoms with Gasteiger partial charge in [0.2, 0.25) is 0 Å². The van der Waals surface area contributed by atoms with Gasteiger partial charge < -0.3 is 9.47 Å². The molecule has 0 saturated heterocycles. The molecule has 8 aromatic carbocycles. The zero-order chi connectivity index (χ0) is 34.4. The molecule has 0 unspecified atom stereocenters. The highest BCUT2D eigenvalue weighted by atomic mass is 15.1. The Morgan fingerprint density at radius 3 is 1.71 bits per heavy atom. The summed E-state index contributed by atoms with van der Waals surface area (Å²) in [6, 6.07) is 66.2. The number of anilines is 3. The van der Waals surface area contributed by atoms with E-state index in [1.165, 1.54) is 71.0 Å². The third kappa shape index (κ3) is 4.87. The van der Waals surface area contributed by atoms with Crippen LogP contribution in [0.25, 0.3) is 72.5 Å². The van der Waals surface area contributed by atoms with E-state index in [1.54, 1.807) is 0 Å². The number of para-hydroxylation sites is 2. The Morgan fingerprint density at radius 1 is 0.423 bits per heavy atom. The van der Waals surface area contributed by atoms with E-state index in [0.717, 1.165) is 29.9 Å². The lowest BCUT2D eigenvalue weighted by Gasteiger charge is -2.29. The van der Waals surface area contributed by atoms with Crippen LogP contribution < -0.4 is 15.5 Å². The van der Waals surface area contributed by atoms with Crippen LogP contribution in [0.5, 0.6) is 0 Å². The average Bonchev–Trinajstić information content (AvgIpc) is 3.55. The predicted octanol–water partition coefficient (Wildman–Crippen LogP) is 12.1. The second kappa shape index (κ2) is 12.6. The molecule has 0 spiro atoms. The molecule has 0 fully saturated rings. The van der Waals surface area contributed by atoms with Crippen LogP contribution in [-0.4, -0.2) is 4.57 Å². The van der Waals surface area contributed by atoms with Gasteiger partial charge >= 0.3 is 0 Å². The molecule has 1 aliphatic rings. The van der Waals surface area contributed by atoms with Gasteiger partial charge in [0.05, 0.1) is 11.2 Å². The summed E-state index contributed by atoms with van der Waals surface area (Å²) < 4.78 is 2.43. The molecule has 0 aliphatic heterocycles. The quantitative estimate of drug-likeness (QED) is 0.161. The van der Waals surface area contributed by atoms with Gasteiger partial charge in [-0.15, -0.1) is 0 Å². The first kappa shape index (κ1) is 30.2. The second-order valence-electron chi connectivity index (χ2n) is 13.6. The lowest BCUT2D eigenvalue weighted by molar-refractivity contribution is 1.02. The fourth-order valence-corrected chi connectivity index (χ4v) is 8.40. The fraction of sp³-hybridized carbons (Fsp3) is 0.0400. The summed E-state index contributed by atoms with van der Waals surface area (Å²) in [6.45, 7) is 0. The zero-order valence-electron chi connectivity index (χ0n) is 28.8. The Kier molecular flexibility index (Phi) is 7.32. The van der Waals surface area contributed by atoms with Crippen molar-refractivity contribution < 1.29 is 0 Å². The Hall–Kier alpha value is -6.64. The molecule has 9 aromatic rings. The first-order chi connectivity index (χ1) is 25.8. The monoisotopic (exact) mass is 664 g/mol. The highest BCUT2D eigenvalue weighted by Crippen LogP contribution is 2.49. The van der Waals surface area contributed by atoms with E-state index in [2.05, 4.69) is 204 Å². The van der Waals surface area contributed by atoms with Gasteiger partial charge in [-0.3, -0.25) is 0 Å². The summed E-state index contributed by atoms with van der Waals surface area (Å²) in [5, 5.41) is 8.84. The topological polar surface area (TPSA) is 8.17 Å². The zero-order valence-corrected chi connectivity index (χ0v) is 28.8. The molecular weight excluding hydrogens is 629 g/mol. The van der Waals surface area contributed by atoms with Gasteiger partial charge in [-0.05, 0) is 99.8 Å². The minimum absolute atomic E-state index is 1.05. The third-order valence-corrected chi connectivity index (χ3v) is 10.6. The summed E-state index contributed by atoms with van der Waals surface area (Å²) in [7, 11) is 0. The van der Waals surface area contributed by atoms with E-state index in [0.29, 0.717) is 0 Å². The maximum absolute atomic E-state index is 2.47. The summed E-state index contributed by atoms with van der Waals surface area (Å²) in [5.41, 5.74) is 10.7. The number of aromatic nitrogens is 1. The van der Waals surface area contributed by atoms with Crippen molar-refractivity contribution in [1.82, 2.24) is 4.57 Å². The smallest absolute Gasteiger partial charge is 0.0546 e. The van der Waals surface area contributed by atoms with Crippen molar-refractivity contribution in [3.63, 3.8) is 0 Å². The molecule has 0 N–H and O–H groups in total. The van der Waals surface area contributed by atoms with E-state index in [9.17, 15) is 0 Å². The Morgan fingerprint density at radius 2 is 1.00 bits per heavy atom. The minimum Gasteiger partial charge on any atom is -0.310 e. The molecule has 0 amide bonds. The average molecular weight is 665 g/mol. The molecule has 10 rings (SSSR count). The van der Waals surface area contributed by atoms with Crippen molar-refractivity contribution >= 4 is 61.7 Å². The number of benzene rings is 8. The number of hydrogen-bond donors (Lipinski definition) is 0. The van der Waals surface area contributed by atoms with Crippen LogP contribution in [0.3, 0.4) is 0 Å². The number of nitrogens with zero attached hydrogens (tertiary/aromatic N) is 2. The van der Waals surface area contributed by atoms with Crippen LogP contribution in [0.1, 0.15) is 12.8 Å². The van der Waals surface area contributed by atoms with E-state index in [4.69, 9.17) is 0 Å². The fourth-order valence-electron chi connectivity index (χ4n) is 8.40. The highest BCUT2D eigenvalue weighted by molar-refractivity contribution is 6.25. The van der Waals surface area contributed by atoms with Crippen LogP contribution in [0.2, 0.25) is 0 Å². The molecule has 246 valence electrons. The van der Waals surface area contributed by atoms with Crippen LogP contribution in [0.15, 0.2) is 182 Å². The maximum Gasteiger partial charge on any atom is 0.0546 e. The Bertz CT molecular complexity index is 2870. The van der Waals surface area contributed by atoms with E-state index < -0.39 is 0 Å². The normalized spacial score (nSPS) is 12.4. The molecular formula is C50H36N2. The molecule has 2 heteroatoms. The van der Waals surface area contributed by atoms with Crippen molar-refractivity contribution in [3.05, 3.63) is 193 Å². The first-order valence-electron chi connectivity index (χ1n) is 18.2. The van der Waals surface area contributed by atoms with Crippen molar-refractivity contribution in [2.75, 3.05) is 4.90 Å². The van der Waals surface area contributed by atoms with Gasteiger partial charge in [0.25, 0.3) is 0 Å². The van der Waals surface area contributed by atoms with Gasteiger partial charge in [-0.25, -0.2) is 0 Å². The van der Waals surface area contributed by atoms with E-state index in [-0.39, 0.29) is 0 Å². The van der Waals surface area contributed by atoms with Crippen LogP contribution in [-0.2, 0) is 0 Å². The molecule has 0 atom stereocenters. The number of fused-ring (bicyclic) bond motifs is 5. The summed E-state index contributed by atoms with van der Waals surface area (Å²) >= 11 is 0. The summed E-state index contributed by atoms with van der Waals surface area (Å²) in [6.07, 6.45) is 6.93. The van der Waals surface area contributed by atoms with Crippen LogP contribution >= 0.6 is 0 Å². The van der Waals surface area contributed by atoms with Gasteiger partial charge in [0, 0.05) is 38.4 Å². The van der Waals surface area contributed by atoms with E-state index in [1.807, 2.05) is 0 Å². The maximum atomic E-state index is 2.47. The van der Waals surface area contributed by atoms with Gasteiger partial charge in [0.15, 0.2) is 0 Å². The van der Waals surface area contributed by atoms with Crippen LogP contribution in [0.4, 0.5) is 17.1 Å². The predicted molar refractivity (Wildman–Crippen MR) is 221 cm³/mol.